The average Bonchev–Trinajstić information content (AvgIpc) is 3.14. The maximum Gasteiger partial charge on any atom is 0.418 e. The van der Waals surface area contributed by atoms with Crippen LogP contribution in [0.15, 0.2) is 41.2 Å². The molecule has 0 N–H and O–H groups in total. The summed E-state index contributed by atoms with van der Waals surface area (Å²) in [6, 6.07) is 6.96. The fraction of sp³-hybridized carbons (Fsp3) is 0.154. The normalized spacial score (nSPS) is 11.1. The molecule has 3 aromatic rings. The Morgan fingerprint density at radius 3 is 2.91 bits per heavy atom. The molecule has 6 nitrogen and oxygen atoms in total. The first-order valence-corrected chi connectivity index (χ1v) is 6.54. The van der Waals surface area contributed by atoms with E-state index in [1.165, 1.54) is 6.20 Å². The van der Waals surface area contributed by atoms with Crippen LogP contribution in [-0.4, -0.2) is 19.7 Å². The van der Waals surface area contributed by atoms with E-state index in [4.69, 9.17) is 20.9 Å². The summed E-state index contributed by atoms with van der Waals surface area (Å²) >= 11 is 6.02. The zero-order valence-corrected chi connectivity index (χ0v) is 11.7. The summed E-state index contributed by atoms with van der Waals surface area (Å²) in [5.74, 6) is 0.297. The van der Waals surface area contributed by atoms with Crippen LogP contribution in [-0.2, 0) is 6.61 Å². The van der Waals surface area contributed by atoms with Gasteiger partial charge in [0.2, 0.25) is 5.82 Å². The number of hydrogen-bond acceptors (Lipinski definition) is 5. The van der Waals surface area contributed by atoms with Crippen LogP contribution in [0.1, 0.15) is 12.4 Å². The van der Waals surface area contributed by atoms with E-state index in [0.717, 1.165) is 6.20 Å². The van der Waals surface area contributed by atoms with Gasteiger partial charge in [-0.3, -0.25) is 9.09 Å². The molecule has 0 saturated carbocycles. The summed E-state index contributed by atoms with van der Waals surface area (Å²) in [5.41, 5.74) is 0.580. The Morgan fingerprint density at radius 1 is 1.32 bits per heavy atom. The molecule has 0 bridgehead atoms. The fourth-order valence-corrected chi connectivity index (χ4v) is 2.00. The van der Waals surface area contributed by atoms with Gasteiger partial charge in [0.25, 0.3) is 0 Å². The Labute approximate surface area is 128 Å². The van der Waals surface area contributed by atoms with Crippen molar-refractivity contribution in [3.8, 4) is 17.5 Å². The first kappa shape index (κ1) is 14.5. The van der Waals surface area contributed by atoms with E-state index in [0.29, 0.717) is 15.2 Å². The smallest absolute Gasteiger partial charge is 0.418 e. The molecule has 0 spiro atoms. The summed E-state index contributed by atoms with van der Waals surface area (Å²) in [5, 5.41) is 4.20. The largest absolute Gasteiger partial charge is 0.441 e. The number of hydrogen-bond donors (Lipinski definition) is 0. The Kier molecular flexibility index (Phi) is 4.01. The second-order valence-corrected chi connectivity index (χ2v) is 4.59. The van der Waals surface area contributed by atoms with Crippen LogP contribution >= 0.6 is 11.6 Å². The van der Waals surface area contributed by atoms with Crippen molar-refractivity contribution in [1.29, 1.82) is 0 Å². The van der Waals surface area contributed by atoms with E-state index >= 15 is 0 Å². The number of benzene rings is 1. The van der Waals surface area contributed by atoms with Crippen LogP contribution in [0.2, 0.25) is 5.02 Å². The van der Waals surface area contributed by atoms with Gasteiger partial charge in [-0.05, 0) is 12.1 Å². The van der Waals surface area contributed by atoms with Crippen LogP contribution in [0, 0.1) is 0 Å². The first-order valence-electron chi connectivity index (χ1n) is 6.16. The molecule has 0 fully saturated rings. The molecule has 1 aromatic carbocycles. The van der Waals surface area contributed by atoms with Crippen molar-refractivity contribution in [3.05, 3.63) is 47.5 Å². The first-order chi connectivity index (χ1) is 10.6. The van der Waals surface area contributed by atoms with E-state index in [1.54, 1.807) is 24.3 Å². The van der Waals surface area contributed by atoms with Crippen molar-refractivity contribution in [2.24, 2.45) is 0 Å². The predicted octanol–water partition coefficient (Wildman–Crippen LogP) is 3.56. The number of alkyl halides is 2. The molecular weight excluding hydrogens is 318 g/mol. The summed E-state index contributed by atoms with van der Waals surface area (Å²) < 4.78 is 36.1. The highest BCUT2D eigenvalue weighted by atomic mass is 35.5. The van der Waals surface area contributed by atoms with Gasteiger partial charge in [-0.1, -0.05) is 28.9 Å². The van der Waals surface area contributed by atoms with Gasteiger partial charge < -0.3 is 4.74 Å². The summed E-state index contributed by atoms with van der Waals surface area (Å²) in [6.45, 7) is -2.91. The van der Waals surface area contributed by atoms with Gasteiger partial charge in [0.05, 0.1) is 5.02 Å². The molecule has 9 heteroatoms. The van der Waals surface area contributed by atoms with E-state index in [-0.39, 0.29) is 24.3 Å². The number of halogens is 3. The molecule has 0 radical (unpaired) electrons. The Balaban J connectivity index is 1.73. The van der Waals surface area contributed by atoms with Crippen molar-refractivity contribution in [3.63, 3.8) is 0 Å². The van der Waals surface area contributed by atoms with Gasteiger partial charge in [0, 0.05) is 18.0 Å². The quantitative estimate of drug-likeness (QED) is 0.717. The number of nitrogens with zero attached hydrogens (tertiary/aromatic N) is 4. The number of imidazole rings is 1. The third-order valence-corrected chi connectivity index (χ3v) is 3.14. The molecule has 2 heterocycles. The second-order valence-electron chi connectivity index (χ2n) is 4.18. The molecule has 114 valence electrons. The van der Waals surface area contributed by atoms with E-state index in [9.17, 15) is 8.78 Å². The minimum atomic E-state index is -2.69. The lowest BCUT2D eigenvalue weighted by molar-refractivity contribution is 0.0614. The van der Waals surface area contributed by atoms with Gasteiger partial charge in [-0.2, -0.15) is 13.8 Å². The minimum absolute atomic E-state index is 0.0486. The average molecular weight is 327 g/mol. The lowest BCUT2D eigenvalue weighted by Gasteiger charge is -2.05. The highest BCUT2D eigenvalue weighted by Crippen LogP contribution is 2.26. The van der Waals surface area contributed by atoms with Gasteiger partial charge in [0.15, 0.2) is 12.4 Å². The minimum Gasteiger partial charge on any atom is -0.441 e. The molecule has 0 aliphatic heterocycles. The monoisotopic (exact) mass is 326 g/mol. The van der Waals surface area contributed by atoms with Gasteiger partial charge >= 0.3 is 12.6 Å². The lowest BCUT2D eigenvalue weighted by Crippen LogP contribution is -2.07. The van der Waals surface area contributed by atoms with Crippen molar-refractivity contribution in [2.75, 3.05) is 0 Å². The molecule has 0 amide bonds. The number of rotatable bonds is 5. The lowest BCUT2D eigenvalue weighted by atomic mass is 10.2. The van der Waals surface area contributed by atoms with Crippen LogP contribution in [0.3, 0.4) is 0 Å². The summed E-state index contributed by atoms with van der Waals surface area (Å²) in [4.78, 5) is 7.78. The summed E-state index contributed by atoms with van der Waals surface area (Å²) in [7, 11) is 0. The SMILES string of the molecule is FC(F)n1ccnc1COc1nc(-c2ccccc2Cl)no1. The van der Waals surface area contributed by atoms with Crippen LogP contribution in [0.25, 0.3) is 11.4 Å². The molecule has 0 aliphatic rings. The number of ether oxygens (including phenoxy) is 1. The molecule has 0 saturated heterocycles. The third-order valence-electron chi connectivity index (χ3n) is 2.81. The molecular formula is C13H9ClF2N4O2. The van der Waals surface area contributed by atoms with Crippen LogP contribution < -0.4 is 4.74 Å². The van der Waals surface area contributed by atoms with Gasteiger partial charge in [-0.15, -0.1) is 0 Å². The Hall–Kier alpha value is -2.48. The maximum atomic E-state index is 12.7. The summed E-state index contributed by atoms with van der Waals surface area (Å²) in [6.07, 6.45) is 2.26. The van der Waals surface area contributed by atoms with Crippen LogP contribution in [0.5, 0.6) is 6.08 Å². The van der Waals surface area contributed by atoms with Crippen molar-refractivity contribution in [2.45, 2.75) is 13.2 Å². The van der Waals surface area contributed by atoms with Gasteiger partial charge in [0.1, 0.15) is 0 Å². The molecule has 2 aromatic heterocycles. The van der Waals surface area contributed by atoms with E-state index < -0.39 is 6.55 Å². The van der Waals surface area contributed by atoms with E-state index in [1.807, 2.05) is 0 Å². The van der Waals surface area contributed by atoms with Crippen LogP contribution in [0.4, 0.5) is 8.78 Å². The third kappa shape index (κ3) is 2.91. The highest BCUT2D eigenvalue weighted by molar-refractivity contribution is 6.33. The highest BCUT2D eigenvalue weighted by Gasteiger charge is 2.15. The van der Waals surface area contributed by atoms with Crippen molar-refractivity contribution >= 4 is 11.6 Å². The Bertz CT molecular complexity index is 775. The predicted molar refractivity (Wildman–Crippen MR) is 72.6 cm³/mol. The van der Waals surface area contributed by atoms with Crippen molar-refractivity contribution < 1.29 is 18.0 Å². The Morgan fingerprint density at radius 2 is 2.14 bits per heavy atom. The zero-order valence-electron chi connectivity index (χ0n) is 11.0. The molecule has 0 aliphatic carbocycles. The molecule has 3 rings (SSSR count). The van der Waals surface area contributed by atoms with Crippen molar-refractivity contribution in [1.82, 2.24) is 19.7 Å². The maximum absolute atomic E-state index is 12.7. The topological polar surface area (TPSA) is 66.0 Å². The number of aromatic nitrogens is 4. The molecule has 0 unspecified atom stereocenters. The fourth-order valence-electron chi connectivity index (χ4n) is 1.78. The molecule has 22 heavy (non-hydrogen) atoms. The van der Waals surface area contributed by atoms with E-state index in [2.05, 4.69) is 15.1 Å². The van der Waals surface area contributed by atoms with Gasteiger partial charge in [-0.25, -0.2) is 4.98 Å². The second kappa shape index (κ2) is 6.10. The standard InChI is InChI=1S/C13H9ClF2N4O2/c14-9-4-2-1-3-8(9)11-18-13(22-19-11)21-7-10-17-5-6-20(10)12(15)16/h1-6,12H,7H2. The zero-order chi connectivity index (χ0) is 15.5. The molecule has 0 atom stereocenters.